The minimum absolute atomic E-state index is 0.584. The van der Waals surface area contributed by atoms with Crippen molar-refractivity contribution in [2.24, 2.45) is 0 Å². The maximum absolute atomic E-state index is 6.54. The normalized spacial score (nSPS) is 11.8. The molecule has 0 N–H and O–H groups in total. The van der Waals surface area contributed by atoms with Crippen LogP contribution in [0.1, 0.15) is 0 Å². The van der Waals surface area contributed by atoms with Crippen molar-refractivity contribution in [3.8, 4) is 56.4 Å². The lowest BCUT2D eigenvalue weighted by Gasteiger charge is -2.15. The van der Waals surface area contributed by atoms with Crippen LogP contribution in [0.2, 0.25) is 0 Å². The van der Waals surface area contributed by atoms with E-state index in [0.29, 0.717) is 17.5 Å². The van der Waals surface area contributed by atoms with E-state index in [1.807, 2.05) is 48.5 Å². The molecule has 0 bridgehead atoms. The molecular weight excluding hydrogens is 711 g/mol. The first-order chi connectivity index (χ1) is 28.7. The number of nitrogens with zero attached hydrogens (tertiary/aromatic N) is 3. The highest BCUT2D eigenvalue weighted by Gasteiger charge is 2.21. The zero-order chi connectivity index (χ0) is 38.2. The Morgan fingerprint density at radius 2 is 0.845 bits per heavy atom. The number of hydrogen-bond donors (Lipinski definition) is 0. The van der Waals surface area contributed by atoms with Gasteiger partial charge in [-0.2, -0.15) is 0 Å². The molecule has 0 aliphatic carbocycles. The van der Waals surface area contributed by atoms with E-state index in [0.717, 1.165) is 104 Å². The Morgan fingerprint density at radius 3 is 1.62 bits per heavy atom. The van der Waals surface area contributed by atoms with Gasteiger partial charge in [-0.25, -0.2) is 15.0 Å². The van der Waals surface area contributed by atoms with Crippen LogP contribution in [0.5, 0.6) is 0 Å². The molecule has 0 amide bonds. The number of para-hydroxylation sites is 2. The first-order valence-electron chi connectivity index (χ1n) is 19.4. The van der Waals surface area contributed by atoms with Crippen LogP contribution in [0.15, 0.2) is 197 Å². The van der Waals surface area contributed by atoms with Crippen molar-refractivity contribution in [2.45, 2.75) is 0 Å². The number of furan rings is 2. The van der Waals surface area contributed by atoms with E-state index < -0.39 is 0 Å². The monoisotopic (exact) mass is 741 g/mol. The molecule has 270 valence electrons. The van der Waals surface area contributed by atoms with Gasteiger partial charge in [0.05, 0.1) is 0 Å². The minimum atomic E-state index is 0.584. The summed E-state index contributed by atoms with van der Waals surface area (Å²) in [6.45, 7) is 0. The van der Waals surface area contributed by atoms with Crippen molar-refractivity contribution in [3.63, 3.8) is 0 Å². The molecule has 0 aliphatic heterocycles. The molecule has 0 fully saturated rings. The van der Waals surface area contributed by atoms with E-state index in [1.54, 1.807) is 0 Å². The smallest absolute Gasteiger partial charge is 0.164 e. The Labute approximate surface area is 332 Å². The molecule has 0 atom stereocenters. The van der Waals surface area contributed by atoms with Crippen molar-refractivity contribution in [1.29, 1.82) is 0 Å². The number of benzene rings is 9. The van der Waals surface area contributed by atoms with Crippen LogP contribution in [0.3, 0.4) is 0 Å². The maximum atomic E-state index is 6.54. The Hall–Kier alpha value is -7.89. The second-order valence-electron chi connectivity index (χ2n) is 14.7. The molecule has 5 heteroatoms. The standard InChI is InChI=1S/C53H31N3O2/c1-2-13-32(14-3-1)36-30-44(50-42-20-9-11-23-46(42)58-48(50)31-36)39-27-28-40(38-18-7-6-17-37(38)39)52-54-51(35-26-25-33-15-4-5-16-34(33)29-35)55-53(56-52)43-21-12-24-47-49(43)41-19-8-10-22-45(41)57-47/h1-31H. The largest absolute Gasteiger partial charge is 0.456 e. The Bertz CT molecular complexity index is 3580. The first kappa shape index (κ1) is 32.4. The van der Waals surface area contributed by atoms with E-state index in [-0.39, 0.29) is 0 Å². The zero-order valence-electron chi connectivity index (χ0n) is 31.1. The third-order valence-electron chi connectivity index (χ3n) is 11.3. The van der Waals surface area contributed by atoms with E-state index in [2.05, 4.69) is 140 Å². The summed E-state index contributed by atoms with van der Waals surface area (Å²) in [5.74, 6) is 1.78. The van der Waals surface area contributed by atoms with Gasteiger partial charge in [0.15, 0.2) is 17.5 Å². The van der Waals surface area contributed by atoms with E-state index in [1.165, 1.54) is 0 Å². The SMILES string of the molecule is c1ccc(-c2cc(-c3ccc(-c4nc(-c5ccc6ccccc6c5)nc(-c5cccc6oc7ccccc7c56)n4)c4ccccc34)c3c(c2)oc2ccccc23)cc1. The van der Waals surface area contributed by atoms with Crippen LogP contribution in [0.4, 0.5) is 0 Å². The third-order valence-corrected chi connectivity index (χ3v) is 11.3. The van der Waals surface area contributed by atoms with Crippen molar-refractivity contribution in [1.82, 2.24) is 15.0 Å². The summed E-state index contributed by atoms with van der Waals surface area (Å²) >= 11 is 0. The van der Waals surface area contributed by atoms with Crippen LogP contribution >= 0.6 is 0 Å². The van der Waals surface area contributed by atoms with E-state index >= 15 is 0 Å². The molecule has 12 rings (SSSR count). The molecule has 12 aromatic rings. The third kappa shape index (κ3) is 5.14. The Morgan fingerprint density at radius 1 is 0.276 bits per heavy atom. The minimum Gasteiger partial charge on any atom is -0.456 e. The molecule has 0 saturated heterocycles. The summed E-state index contributed by atoms with van der Waals surface area (Å²) in [4.78, 5) is 15.8. The predicted octanol–water partition coefficient (Wildman–Crippen LogP) is 14.3. The first-order valence-corrected chi connectivity index (χ1v) is 19.4. The molecule has 9 aromatic carbocycles. The zero-order valence-corrected chi connectivity index (χ0v) is 31.1. The molecular formula is C53H31N3O2. The highest BCUT2D eigenvalue weighted by atomic mass is 16.3. The lowest BCUT2D eigenvalue weighted by atomic mass is 9.90. The molecule has 0 spiro atoms. The van der Waals surface area contributed by atoms with Crippen molar-refractivity contribution in [3.05, 3.63) is 188 Å². The lowest BCUT2D eigenvalue weighted by Crippen LogP contribution is -2.01. The van der Waals surface area contributed by atoms with Gasteiger partial charge in [0, 0.05) is 38.2 Å². The van der Waals surface area contributed by atoms with Gasteiger partial charge in [-0.3, -0.25) is 0 Å². The van der Waals surface area contributed by atoms with Gasteiger partial charge < -0.3 is 8.83 Å². The molecule has 3 heterocycles. The summed E-state index contributed by atoms with van der Waals surface area (Å²) < 4.78 is 12.9. The van der Waals surface area contributed by atoms with Crippen LogP contribution < -0.4 is 0 Å². The molecule has 5 nitrogen and oxygen atoms in total. The maximum Gasteiger partial charge on any atom is 0.164 e. The van der Waals surface area contributed by atoms with Gasteiger partial charge in [0.25, 0.3) is 0 Å². The van der Waals surface area contributed by atoms with Crippen LogP contribution in [0, 0.1) is 0 Å². The highest BCUT2D eigenvalue weighted by Crippen LogP contribution is 2.44. The van der Waals surface area contributed by atoms with Crippen LogP contribution in [-0.4, -0.2) is 15.0 Å². The fourth-order valence-electron chi connectivity index (χ4n) is 8.63. The van der Waals surface area contributed by atoms with E-state index in [4.69, 9.17) is 23.8 Å². The van der Waals surface area contributed by atoms with Crippen LogP contribution in [-0.2, 0) is 0 Å². The van der Waals surface area contributed by atoms with Gasteiger partial charge in [0.1, 0.15) is 22.3 Å². The van der Waals surface area contributed by atoms with Gasteiger partial charge in [-0.1, -0.05) is 146 Å². The van der Waals surface area contributed by atoms with Crippen LogP contribution in [0.25, 0.3) is 122 Å². The summed E-state index contributed by atoms with van der Waals surface area (Å²) in [6.07, 6.45) is 0. The van der Waals surface area contributed by atoms with Crippen molar-refractivity contribution >= 4 is 65.4 Å². The Balaban J connectivity index is 1.12. The average Bonchev–Trinajstić information content (AvgIpc) is 3.87. The molecule has 0 saturated carbocycles. The fourth-order valence-corrected chi connectivity index (χ4v) is 8.63. The average molecular weight is 742 g/mol. The van der Waals surface area contributed by atoms with Crippen molar-refractivity contribution in [2.75, 3.05) is 0 Å². The number of fused-ring (bicyclic) bond motifs is 8. The highest BCUT2D eigenvalue weighted by molar-refractivity contribution is 6.17. The van der Waals surface area contributed by atoms with Gasteiger partial charge in [-0.15, -0.1) is 0 Å². The molecule has 0 radical (unpaired) electrons. The summed E-state index contributed by atoms with van der Waals surface area (Å²) in [5.41, 5.74) is 10.5. The molecule has 0 unspecified atom stereocenters. The van der Waals surface area contributed by atoms with Gasteiger partial charge >= 0.3 is 0 Å². The van der Waals surface area contributed by atoms with E-state index in [9.17, 15) is 0 Å². The number of rotatable bonds is 5. The fraction of sp³-hybridized carbons (Fsp3) is 0. The molecule has 3 aromatic heterocycles. The quantitative estimate of drug-likeness (QED) is 0.176. The molecule has 58 heavy (non-hydrogen) atoms. The summed E-state index contributed by atoms with van der Waals surface area (Å²) in [5, 5.41) is 8.60. The second-order valence-corrected chi connectivity index (χ2v) is 14.7. The topological polar surface area (TPSA) is 65.0 Å². The lowest BCUT2D eigenvalue weighted by molar-refractivity contribution is 0.668. The Kier molecular flexibility index (Phi) is 7.16. The summed E-state index contributed by atoms with van der Waals surface area (Å²) in [6, 6.07) is 65.2. The second kappa shape index (κ2) is 12.8. The summed E-state index contributed by atoms with van der Waals surface area (Å²) in [7, 11) is 0. The van der Waals surface area contributed by atoms with Gasteiger partial charge in [0.2, 0.25) is 0 Å². The molecule has 0 aliphatic rings. The number of aromatic nitrogens is 3. The number of hydrogen-bond acceptors (Lipinski definition) is 5. The van der Waals surface area contributed by atoms with Gasteiger partial charge in [-0.05, 0) is 86.3 Å². The predicted molar refractivity (Wildman–Crippen MR) is 237 cm³/mol. The van der Waals surface area contributed by atoms with Crippen molar-refractivity contribution < 1.29 is 8.83 Å².